The van der Waals surface area contributed by atoms with Crippen molar-refractivity contribution in [2.75, 3.05) is 0 Å². The molecular formula is C22H24F2O2. The molecule has 4 heteroatoms. The second-order valence-electron chi connectivity index (χ2n) is 6.89. The molecule has 1 aromatic heterocycles. The quantitative estimate of drug-likeness (QED) is 0.489. The minimum atomic E-state index is -2.91. The lowest BCUT2D eigenvalue weighted by Gasteiger charge is -2.14. The minimum absolute atomic E-state index is 0.0200. The van der Waals surface area contributed by atoms with Gasteiger partial charge in [-0.3, -0.25) is 0 Å². The third kappa shape index (κ3) is 3.74. The van der Waals surface area contributed by atoms with Crippen LogP contribution in [0, 0.1) is 13.8 Å². The number of aryl methyl sites for hydroxylation is 2. The summed E-state index contributed by atoms with van der Waals surface area (Å²) < 4.78 is 39.7. The van der Waals surface area contributed by atoms with E-state index in [1.807, 2.05) is 38.1 Å². The van der Waals surface area contributed by atoms with E-state index in [1.54, 1.807) is 0 Å². The largest absolute Gasteiger partial charge is 0.488 e. The van der Waals surface area contributed by atoms with Gasteiger partial charge in [0.2, 0.25) is 0 Å². The zero-order valence-corrected chi connectivity index (χ0v) is 15.7. The van der Waals surface area contributed by atoms with Gasteiger partial charge in [-0.1, -0.05) is 19.1 Å². The molecule has 0 saturated heterocycles. The van der Waals surface area contributed by atoms with Gasteiger partial charge in [-0.15, -0.1) is 0 Å². The zero-order valence-electron chi connectivity index (χ0n) is 15.7. The standard InChI is InChI=1S/C22H24F2O2/c1-5-7-19-12-16-10-18(22(4,23)24)11-17(21(16)26-19)13-25-20-9-6-8-14(2)15(20)3/h6,8-12H,5,7,13H2,1-4H3. The van der Waals surface area contributed by atoms with Crippen LogP contribution in [0.15, 0.2) is 40.8 Å². The van der Waals surface area contributed by atoms with Crippen LogP contribution >= 0.6 is 0 Å². The second-order valence-corrected chi connectivity index (χ2v) is 6.89. The van der Waals surface area contributed by atoms with E-state index in [0.717, 1.165) is 42.4 Å². The Bertz CT molecular complexity index is 920. The summed E-state index contributed by atoms with van der Waals surface area (Å²) in [5.74, 6) is -1.34. The minimum Gasteiger partial charge on any atom is -0.488 e. The first-order valence-corrected chi connectivity index (χ1v) is 8.92. The molecule has 2 nitrogen and oxygen atoms in total. The molecular weight excluding hydrogens is 334 g/mol. The number of rotatable bonds is 6. The van der Waals surface area contributed by atoms with Crippen LogP contribution in [-0.2, 0) is 19.0 Å². The summed E-state index contributed by atoms with van der Waals surface area (Å²) >= 11 is 0. The van der Waals surface area contributed by atoms with Gasteiger partial charge < -0.3 is 9.15 Å². The number of hydrogen-bond donors (Lipinski definition) is 0. The summed E-state index contributed by atoms with van der Waals surface area (Å²) in [5.41, 5.74) is 3.43. The molecule has 0 aliphatic rings. The van der Waals surface area contributed by atoms with E-state index in [4.69, 9.17) is 9.15 Å². The van der Waals surface area contributed by atoms with Crippen molar-refractivity contribution in [3.63, 3.8) is 0 Å². The predicted octanol–water partition coefficient (Wildman–Crippen LogP) is 6.69. The van der Waals surface area contributed by atoms with Gasteiger partial charge in [-0.25, -0.2) is 8.78 Å². The molecule has 3 aromatic rings. The maximum Gasteiger partial charge on any atom is 0.270 e. The van der Waals surface area contributed by atoms with Gasteiger partial charge in [0, 0.05) is 29.9 Å². The molecule has 0 radical (unpaired) electrons. The van der Waals surface area contributed by atoms with Gasteiger partial charge in [0.25, 0.3) is 5.92 Å². The molecule has 0 aliphatic carbocycles. The highest BCUT2D eigenvalue weighted by Crippen LogP contribution is 2.34. The summed E-state index contributed by atoms with van der Waals surface area (Å²) in [7, 11) is 0. The number of alkyl halides is 2. The number of hydrogen-bond acceptors (Lipinski definition) is 2. The van der Waals surface area contributed by atoms with Gasteiger partial charge in [-0.2, -0.15) is 0 Å². The van der Waals surface area contributed by atoms with E-state index in [1.165, 1.54) is 12.1 Å². The van der Waals surface area contributed by atoms with Gasteiger partial charge in [0.05, 0.1) is 0 Å². The zero-order chi connectivity index (χ0) is 18.9. The number of furan rings is 1. The molecule has 1 heterocycles. The van der Waals surface area contributed by atoms with Crippen LogP contribution < -0.4 is 4.74 Å². The molecule has 0 N–H and O–H groups in total. The molecule has 138 valence electrons. The number of benzene rings is 2. The number of ether oxygens (including phenoxy) is 1. The molecule has 0 unspecified atom stereocenters. The van der Waals surface area contributed by atoms with E-state index in [9.17, 15) is 8.78 Å². The highest BCUT2D eigenvalue weighted by molar-refractivity contribution is 5.82. The van der Waals surface area contributed by atoms with Crippen LogP contribution in [0.3, 0.4) is 0 Å². The lowest BCUT2D eigenvalue weighted by molar-refractivity contribution is 0.0175. The van der Waals surface area contributed by atoms with Crippen molar-refractivity contribution in [3.8, 4) is 5.75 Å². The molecule has 0 bridgehead atoms. The topological polar surface area (TPSA) is 22.4 Å². The molecule has 26 heavy (non-hydrogen) atoms. The molecule has 0 atom stereocenters. The van der Waals surface area contributed by atoms with Crippen molar-refractivity contribution in [1.82, 2.24) is 0 Å². The van der Waals surface area contributed by atoms with Crippen LogP contribution in [-0.4, -0.2) is 0 Å². The summed E-state index contributed by atoms with van der Waals surface area (Å²) in [6.07, 6.45) is 1.72. The normalized spacial score (nSPS) is 11.9. The third-order valence-corrected chi connectivity index (χ3v) is 4.69. The van der Waals surface area contributed by atoms with Crippen LogP contribution in [0.1, 0.15) is 48.3 Å². The van der Waals surface area contributed by atoms with Gasteiger partial charge in [-0.05, 0) is 55.7 Å². The highest BCUT2D eigenvalue weighted by atomic mass is 19.3. The molecule has 0 aliphatic heterocycles. The fraction of sp³-hybridized carbons (Fsp3) is 0.364. The van der Waals surface area contributed by atoms with Crippen molar-refractivity contribution in [2.45, 2.75) is 53.1 Å². The average Bonchev–Trinajstić information content (AvgIpc) is 2.98. The van der Waals surface area contributed by atoms with Crippen molar-refractivity contribution in [3.05, 3.63) is 64.4 Å². The van der Waals surface area contributed by atoms with Crippen LogP contribution in [0.5, 0.6) is 5.75 Å². The van der Waals surface area contributed by atoms with Gasteiger partial charge in [0.1, 0.15) is 23.7 Å². The first-order valence-electron chi connectivity index (χ1n) is 8.92. The lowest BCUT2D eigenvalue weighted by Crippen LogP contribution is -2.08. The maximum atomic E-state index is 13.9. The number of fused-ring (bicyclic) bond motifs is 1. The SMILES string of the molecule is CCCc1cc2cc(C(C)(F)F)cc(COc3cccc(C)c3C)c2o1. The van der Waals surface area contributed by atoms with Crippen LogP contribution in [0.2, 0.25) is 0 Å². The van der Waals surface area contributed by atoms with E-state index < -0.39 is 5.92 Å². The molecule has 0 saturated carbocycles. The first kappa shape index (κ1) is 18.4. The lowest BCUT2D eigenvalue weighted by atomic mass is 10.0. The van der Waals surface area contributed by atoms with Crippen LogP contribution in [0.25, 0.3) is 11.0 Å². The van der Waals surface area contributed by atoms with Crippen molar-refractivity contribution in [2.24, 2.45) is 0 Å². The van der Waals surface area contributed by atoms with E-state index in [2.05, 4.69) is 6.92 Å². The Hall–Kier alpha value is -2.36. The van der Waals surface area contributed by atoms with Crippen molar-refractivity contribution >= 4 is 11.0 Å². The highest BCUT2D eigenvalue weighted by Gasteiger charge is 2.26. The summed E-state index contributed by atoms with van der Waals surface area (Å²) in [6, 6.07) is 10.7. The maximum absolute atomic E-state index is 13.9. The fourth-order valence-corrected chi connectivity index (χ4v) is 3.05. The second kappa shape index (κ2) is 7.10. The fourth-order valence-electron chi connectivity index (χ4n) is 3.05. The van der Waals surface area contributed by atoms with Gasteiger partial charge in [0.15, 0.2) is 0 Å². The summed E-state index contributed by atoms with van der Waals surface area (Å²) in [5, 5.41) is 0.701. The summed E-state index contributed by atoms with van der Waals surface area (Å²) in [6.45, 7) is 7.16. The summed E-state index contributed by atoms with van der Waals surface area (Å²) in [4.78, 5) is 0. The molecule has 3 rings (SSSR count). The monoisotopic (exact) mass is 358 g/mol. The Morgan fingerprint density at radius 3 is 2.58 bits per heavy atom. The predicted molar refractivity (Wildman–Crippen MR) is 100 cm³/mol. The Labute approximate surface area is 152 Å². The van der Waals surface area contributed by atoms with Crippen LogP contribution in [0.4, 0.5) is 8.78 Å². The third-order valence-electron chi connectivity index (χ3n) is 4.69. The van der Waals surface area contributed by atoms with Gasteiger partial charge >= 0.3 is 0 Å². The van der Waals surface area contributed by atoms with Crippen molar-refractivity contribution in [1.29, 1.82) is 0 Å². The smallest absolute Gasteiger partial charge is 0.270 e. The average molecular weight is 358 g/mol. The first-order chi connectivity index (χ1) is 12.3. The molecule has 0 spiro atoms. The Kier molecular flexibility index (Phi) is 5.03. The molecule has 0 amide bonds. The molecule has 2 aromatic carbocycles. The van der Waals surface area contributed by atoms with E-state index >= 15 is 0 Å². The number of halogens is 2. The Balaban J connectivity index is 2.00. The van der Waals surface area contributed by atoms with Crippen molar-refractivity contribution < 1.29 is 17.9 Å². The molecule has 0 fully saturated rings. The van der Waals surface area contributed by atoms with E-state index in [0.29, 0.717) is 16.5 Å². The Morgan fingerprint density at radius 1 is 1.12 bits per heavy atom. The Morgan fingerprint density at radius 2 is 1.88 bits per heavy atom. The van der Waals surface area contributed by atoms with E-state index in [-0.39, 0.29) is 12.2 Å².